The zero-order chi connectivity index (χ0) is 95.6. The molecule has 26 heteroatoms. The molecule has 2 aliphatic rings. The summed E-state index contributed by atoms with van der Waals surface area (Å²) in [6.45, 7) is 0. The van der Waals surface area contributed by atoms with Gasteiger partial charge in [0.1, 0.15) is 23.3 Å². The van der Waals surface area contributed by atoms with Crippen LogP contribution in [0, 0.1) is 54.4 Å². The van der Waals surface area contributed by atoms with Crippen molar-refractivity contribution in [1.82, 2.24) is 77.5 Å². The van der Waals surface area contributed by atoms with E-state index in [2.05, 4.69) is 220 Å². The summed E-state index contributed by atoms with van der Waals surface area (Å²) in [5, 5.41) is 30.3. The zero-order valence-electron chi connectivity index (χ0n) is 77.8. The monoisotopic (exact) mass is 2640 g/mol. The van der Waals surface area contributed by atoms with Crippen LogP contribution in [0.4, 0.5) is 5.69 Å². The average Bonchev–Trinajstić information content (AvgIpc) is 1.60. The first-order valence-corrected chi connectivity index (χ1v) is 46.7. The Labute approximate surface area is 906 Å². The summed E-state index contributed by atoms with van der Waals surface area (Å²) in [5.41, 5.74) is 15.9. The molecule has 22 nitrogen and oxygen atoms in total. The van der Waals surface area contributed by atoms with Gasteiger partial charge in [-0.2, -0.15) is 68.9 Å². The van der Waals surface area contributed by atoms with Crippen molar-refractivity contribution in [3.8, 4) is 109 Å². The van der Waals surface area contributed by atoms with Crippen LogP contribution >= 0.6 is 0 Å². The summed E-state index contributed by atoms with van der Waals surface area (Å²) >= 11 is 0. The molecule has 13 aromatic carbocycles. The van der Waals surface area contributed by atoms with Gasteiger partial charge in [0.25, 0.3) is 0 Å². The molecule has 2 unspecified atom stereocenters. The Morgan fingerprint density at radius 2 is 0.622 bits per heavy atom. The maximum atomic E-state index is 6.25. The van der Waals surface area contributed by atoms with Crippen LogP contribution in [0.2, 0.25) is 0 Å². The SMILES string of the molecule is [Pt+2].[Pt+2].[Pt+2].[Pt+2].[c-]1c(Oc2[c-]c3c(cc2)c2ccccc2n3-c2ccccn2)cccc1-n1cc(-c2ccccn2)cn1.[c-]1c(Oc2[c-]c3c(cc2)c2ccccc2n3-c2ccccn2)cccc1-n1cc(-c2cccnc2)cn1.[c-]1c(Oc2[c-]c3c(cc2)c2ccccc2n3-c2ccccn2)cccc1-n1cc2ccccc2n1.[c-]1c(Oc2[c-]c3c(cc2)c2ccccc2n3-c2ccccn2)cccc1N1N=CC2C=CC=CC21. The number of rotatable bonds is 18. The number of hydrogen-bond donors (Lipinski definition) is 0. The fourth-order valence-corrected chi connectivity index (χ4v) is 18.4. The molecule has 718 valence electrons. The van der Waals surface area contributed by atoms with Gasteiger partial charge >= 0.3 is 84.3 Å². The van der Waals surface area contributed by atoms with Gasteiger partial charge in [-0.05, 0) is 141 Å². The van der Waals surface area contributed by atoms with Crippen molar-refractivity contribution in [2.45, 2.75) is 6.04 Å². The van der Waals surface area contributed by atoms with Crippen LogP contribution in [-0.4, -0.2) is 89.8 Å². The standard InChI is InChI=1S/2C31H19N5O.C30H18N4O.C30H20N4O.4Pt/c1-2-12-29-26(10-1)27-15-14-25(19-30(27)36(29)31-13-4-6-17-33-31)37-24-9-7-8-23(18-24)35-21-22(20-34-35)28-11-3-5-16-32-28;1-2-11-29-27(10-1)28-14-13-26(18-30(28)36(29)31-12-3-4-16-33-31)37-25-9-5-8-24(17-25)35-21-23(20-34-35)22-7-6-15-32-19-22;1-3-12-27-21(8-1)20-33(32-27)22-9-7-10-23(18-22)35-24-15-16-26-25-11-2-4-13-28(25)34(29(26)19-24)30-14-5-6-17-31-30;1-3-12-27-21(8-1)20-32-34(27)22-9-7-10-23(18-22)35-24-15-16-26-25-11-2-4-13-28(25)33(29(26)19-24)30-14-5-6-17-31-30;;;;/h1-17,20-21H;1-16,19-21H;1-17,20H;1-17,20-21,27H;;;;/q4*-2;4*+2. The number of hydrazone groups is 1. The van der Waals surface area contributed by atoms with Crippen molar-refractivity contribution < 1.29 is 103 Å². The summed E-state index contributed by atoms with van der Waals surface area (Å²) in [6.07, 6.45) is 32.5. The number of fused-ring (bicyclic) bond motifs is 14. The molecule has 1 aliphatic carbocycles. The Morgan fingerprint density at radius 1 is 0.257 bits per heavy atom. The van der Waals surface area contributed by atoms with E-state index in [-0.39, 0.29) is 96.2 Å². The number of aromatic nitrogens is 16. The van der Waals surface area contributed by atoms with E-state index in [0.717, 1.165) is 167 Å². The van der Waals surface area contributed by atoms with Crippen LogP contribution in [-0.2, 0) is 84.3 Å². The average molecular weight is 2640 g/mol. The van der Waals surface area contributed by atoms with Gasteiger partial charge in [0.05, 0.1) is 29.6 Å². The van der Waals surface area contributed by atoms with E-state index in [1.165, 1.54) is 0 Å². The number of allylic oxidation sites excluding steroid dienone is 2. The van der Waals surface area contributed by atoms with Crippen molar-refractivity contribution in [2.75, 3.05) is 5.01 Å². The second-order valence-corrected chi connectivity index (χ2v) is 33.9. The van der Waals surface area contributed by atoms with E-state index < -0.39 is 0 Å². The van der Waals surface area contributed by atoms with Gasteiger partial charge in [-0.15, -0.1) is 143 Å². The molecule has 0 N–H and O–H groups in total. The summed E-state index contributed by atoms with van der Waals surface area (Å²) in [5.74, 6) is 8.40. The van der Waals surface area contributed by atoms with Gasteiger partial charge in [-0.1, -0.05) is 174 Å². The van der Waals surface area contributed by atoms with E-state index in [1.807, 2.05) is 314 Å². The first kappa shape index (κ1) is 96.9. The second kappa shape index (κ2) is 43.3. The Morgan fingerprint density at radius 3 is 1.03 bits per heavy atom. The van der Waals surface area contributed by atoms with Gasteiger partial charge < -0.3 is 37.2 Å². The van der Waals surface area contributed by atoms with Gasteiger partial charge in [0.2, 0.25) is 0 Å². The van der Waals surface area contributed by atoms with Gasteiger partial charge in [-0.3, -0.25) is 29.0 Å². The molecule has 0 bridgehead atoms. The minimum absolute atomic E-state index is 0. The summed E-state index contributed by atoms with van der Waals surface area (Å²) in [4.78, 5) is 26.9. The number of ether oxygens (including phenoxy) is 4. The van der Waals surface area contributed by atoms with Crippen LogP contribution in [0.15, 0.2) is 450 Å². The molecule has 0 saturated heterocycles. The number of nitrogens with zero attached hydrogens (tertiary/aromatic N) is 18. The van der Waals surface area contributed by atoms with Crippen molar-refractivity contribution in [3.63, 3.8) is 0 Å². The van der Waals surface area contributed by atoms with Crippen LogP contribution in [0.5, 0.6) is 46.0 Å². The number of pyridine rings is 6. The van der Waals surface area contributed by atoms with Crippen LogP contribution in [0.25, 0.3) is 161 Å². The smallest absolute Gasteiger partial charge is 0.509 e. The van der Waals surface area contributed by atoms with E-state index in [9.17, 15) is 0 Å². The molecule has 2 atom stereocenters. The zero-order valence-corrected chi connectivity index (χ0v) is 86.9. The van der Waals surface area contributed by atoms with Crippen molar-refractivity contribution >= 4 is 110 Å². The first-order valence-electron chi connectivity index (χ1n) is 46.7. The number of anilines is 1. The third kappa shape index (κ3) is 19.6. The first-order chi connectivity index (χ1) is 71.3. The van der Waals surface area contributed by atoms with Crippen molar-refractivity contribution in [3.05, 3.63) is 493 Å². The number of benzene rings is 13. The fourth-order valence-electron chi connectivity index (χ4n) is 18.4. The summed E-state index contributed by atoms with van der Waals surface area (Å²) in [6, 6.07) is 141. The Bertz CT molecular complexity index is 9060. The normalized spacial score (nSPS) is 12.7. The quantitative estimate of drug-likeness (QED) is 0.0734. The predicted molar refractivity (Wildman–Crippen MR) is 563 cm³/mol. The topological polar surface area (TPSA) is 203 Å². The molecule has 26 aromatic rings. The van der Waals surface area contributed by atoms with E-state index in [4.69, 9.17) is 18.9 Å². The van der Waals surface area contributed by atoms with Crippen LogP contribution in [0.1, 0.15) is 0 Å². The van der Waals surface area contributed by atoms with Gasteiger partial charge in [0.15, 0.2) is 0 Å². The maximum absolute atomic E-state index is 6.25. The minimum atomic E-state index is 0. The van der Waals surface area contributed by atoms with E-state index >= 15 is 0 Å². The molecule has 28 rings (SSSR count). The van der Waals surface area contributed by atoms with Crippen LogP contribution < -0.4 is 24.0 Å². The second-order valence-electron chi connectivity index (χ2n) is 33.9. The van der Waals surface area contributed by atoms with Crippen molar-refractivity contribution in [1.29, 1.82) is 0 Å². The predicted octanol–water partition coefficient (Wildman–Crippen LogP) is 27.0. The molecular weight excluding hydrogens is 2560 g/mol. The van der Waals surface area contributed by atoms with Crippen molar-refractivity contribution in [2.24, 2.45) is 11.0 Å². The minimum Gasteiger partial charge on any atom is -0.509 e. The molecule has 0 amide bonds. The van der Waals surface area contributed by atoms with E-state index in [0.29, 0.717) is 46.0 Å². The molecule has 0 spiro atoms. The molecule has 13 aromatic heterocycles. The number of para-hydroxylation sites is 4. The molecule has 148 heavy (non-hydrogen) atoms. The largest absolute Gasteiger partial charge is 2.00 e. The summed E-state index contributed by atoms with van der Waals surface area (Å²) in [7, 11) is 0. The Hall–Kier alpha value is -17.2. The molecule has 0 saturated carbocycles. The molecule has 0 fully saturated rings. The maximum Gasteiger partial charge on any atom is 2.00 e. The summed E-state index contributed by atoms with van der Waals surface area (Å²) < 4.78 is 38.8. The Balaban J connectivity index is 0.000000115. The third-order valence-electron chi connectivity index (χ3n) is 24.9. The molecule has 1 aliphatic heterocycles. The Kier molecular flexibility index (Phi) is 28.4. The van der Waals surface area contributed by atoms with E-state index in [1.54, 1.807) is 52.7 Å². The number of hydrogen-bond acceptors (Lipinski definition) is 15. The van der Waals surface area contributed by atoms with Crippen LogP contribution in [0.3, 0.4) is 0 Å². The van der Waals surface area contributed by atoms with Gasteiger partial charge in [-0.25, -0.2) is 19.9 Å². The molecule has 0 radical (unpaired) electrons. The third-order valence-corrected chi connectivity index (χ3v) is 24.9. The fraction of sp³-hybridized carbons (Fsp3) is 0.0164. The van der Waals surface area contributed by atoms with Gasteiger partial charge in [0, 0.05) is 164 Å². The molecular formula is C122H76N18O4Pt4. The molecule has 14 heterocycles.